The molecule has 0 aromatic heterocycles. The maximum Gasteiger partial charge on any atom is 0.407 e. The molecule has 0 radical (unpaired) electrons. The van der Waals surface area contributed by atoms with E-state index in [1.807, 2.05) is 39.5 Å². The Hall–Kier alpha value is -1.30. The number of nitrogens with two attached hydrogens (primary N) is 1. The highest BCUT2D eigenvalue weighted by molar-refractivity contribution is 5.82. The van der Waals surface area contributed by atoms with Crippen molar-refractivity contribution in [1.29, 1.82) is 0 Å². The topological polar surface area (TPSA) is 84.7 Å². The molecule has 6 nitrogen and oxygen atoms in total. The Morgan fingerprint density at radius 1 is 1.17 bits per heavy atom. The second-order valence-electron chi connectivity index (χ2n) is 7.73. The molecule has 1 aliphatic rings. The lowest BCUT2D eigenvalue weighted by molar-refractivity contribution is -0.138. The van der Waals surface area contributed by atoms with Gasteiger partial charge in [-0.15, -0.1) is 0 Å². The van der Waals surface area contributed by atoms with Crippen molar-refractivity contribution in [3.63, 3.8) is 0 Å². The number of hydrogen-bond donors (Lipinski definition) is 2. The van der Waals surface area contributed by atoms with Crippen molar-refractivity contribution in [1.82, 2.24) is 10.2 Å². The average molecular weight is 327 g/mol. The van der Waals surface area contributed by atoms with Gasteiger partial charge in [0.25, 0.3) is 0 Å². The molecular weight excluding hydrogens is 294 g/mol. The van der Waals surface area contributed by atoms with Crippen LogP contribution in [-0.4, -0.2) is 46.7 Å². The molecule has 0 heterocycles. The lowest BCUT2D eigenvalue weighted by Crippen LogP contribution is -2.59. The number of carbonyl (C=O) groups is 2. The highest BCUT2D eigenvalue weighted by Crippen LogP contribution is 2.26. The Morgan fingerprint density at radius 3 is 2.22 bits per heavy atom. The molecule has 0 aromatic carbocycles. The maximum atomic E-state index is 12.5. The van der Waals surface area contributed by atoms with E-state index in [-0.39, 0.29) is 24.0 Å². The second-order valence-corrected chi connectivity index (χ2v) is 7.73. The van der Waals surface area contributed by atoms with E-state index in [9.17, 15) is 9.59 Å². The van der Waals surface area contributed by atoms with Crippen LogP contribution in [0.25, 0.3) is 0 Å². The van der Waals surface area contributed by atoms with Crippen LogP contribution in [0.4, 0.5) is 4.79 Å². The fraction of sp³-hybridized carbons (Fsp3) is 0.882. The zero-order chi connectivity index (χ0) is 17.8. The van der Waals surface area contributed by atoms with Crippen LogP contribution in [0.1, 0.15) is 67.2 Å². The normalized spacial score (nSPS) is 23.3. The molecule has 23 heavy (non-hydrogen) atoms. The van der Waals surface area contributed by atoms with Gasteiger partial charge < -0.3 is 20.7 Å². The van der Waals surface area contributed by atoms with Crippen molar-refractivity contribution in [2.45, 2.75) is 97.0 Å². The van der Waals surface area contributed by atoms with E-state index >= 15 is 0 Å². The van der Waals surface area contributed by atoms with Crippen molar-refractivity contribution in [3.05, 3.63) is 0 Å². The summed E-state index contributed by atoms with van der Waals surface area (Å²) >= 11 is 0. The van der Waals surface area contributed by atoms with E-state index < -0.39 is 17.7 Å². The number of hydrogen-bond acceptors (Lipinski definition) is 4. The fourth-order valence-electron chi connectivity index (χ4n) is 3.11. The first-order chi connectivity index (χ1) is 10.5. The van der Waals surface area contributed by atoms with Gasteiger partial charge in [-0.3, -0.25) is 4.79 Å². The number of ether oxygens (including phenoxy) is 1. The molecule has 2 amide bonds. The minimum Gasteiger partial charge on any atom is -0.444 e. The summed E-state index contributed by atoms with van der Waals surface area (Å²) < 4.78 is 5.36. The molecule has 0 saturated heterocycles. The lowest BCUT2D eigenvalue weighted by Gasteiger charge is -2.43. The van der Waals surface area contributed by atoms with E-state index in [0.29, 0.717) is 0 Å². The summed E-state index contributed by atoms with van der Waals surface area (Å²) in [6.07, 6.45) is 3.38. The largest absolute Gasteiger partial charge is 0.444 e. The molecule has 1 fully saturated rings. The van der Waals surface area contributed by atoms with Crippen molar-refractivity contribution in [2.75, 3.05) is 0 Å². The van der Waals surface area contributed by atoms with Crippen LogP contribution < -0.4 is 11.1 Å². The molecule has 1 saturated carbocycles. The minimum absolute atomic E-state index is 0.0326. The van der Waals surface area contributed by atoms with Crippen molar-refractivity contribution < 1.29 is 14.3 Å². The highest BCUT2D eigenvalue weighted by Gasteiger charge is 2.36. The van der Waals surface area contributed by atoms with Gasteiger partial charge >= 0.3 is 6.09 Å². The minimum atomic E-state index is -0.540. The molecule has 1 rings (SSSR count). The second kappa shape index (κ2) is 7.99. The molecule has 0 aliphatic heterocycles. The van der Waals surface area contributed by atoms with Gasteiger partial charge in [0.2, 0.25) is 5.91 Å². The lowest BCUT2D eigenvalue weighted by atomic mass is 9.88. The van der Waals surface area contributed by atoms with Crippen LogP contribution >= 0.6 is 0 Å². The Morgan fingerprint density at radius 2 is 1.74 bits per heavy atom. The van der Waals surface area contributed by atoms with Crippen molar-refractivity contribution >= 4 is 12.0 Å². The van der Waals surface area contributed by atoms with Gasteiger partial charge in [0.1, 0.15) is 5.60 Å². The van der Waals surface area contributed by atoms with E-state index in [1.165, 1.54) is 0 Å². The first kappa shape index (κ1) is 19.7. The van der Waals surface area contributed by atoms with Gasteiger partial charge in [0, 0.05) is 6.04 Å². The van der Waals surface area contributed by atoms with Gasteiger partial charge in [-0.2, -0.15) is 0 Å². The molecule has 1 aliphatic carbocycles. The monoisotopic (exact) mass is 327 g/mol. The fourth-order valence-corrected chi connectivity index (χ4v) is 3.11. The Labute approximate surface area is 140 Å². The number of nitrogens with zero attached hydrogens (tertiary/aromatic N) is 1. The predicted octanol–water partition coefficient (Wildman–Crippen LogP) is 2.41. The maximum absolute atomic E-state index is 12.5. The smallest absolute Gasteiger partial charge is 0.407 e. The first-order valence-corrected chi connectivity index (χ1v) is 8.60. The summed E-state index contributed by atoms with van der Waals surface area (Å²) in [5.74, 6) is -0.0668. The Kier molecular flexibility index (Phi) is 6.86. The zero-order valence-electron chi connectivity index (χ0n) is 15.4. The zero-order valence-corrected chi connectivity index (χ0v) is 15.4. The van der Waals surface area contributed by atoms with Gasteiger partial charge in [-0.25, -0.2) is 4.79 Å². The molecule has 0 spiro atoms. The standard InChI is InChI=1S/C17H33N3O3/c1-11(2)20(15(21)12(3)18)14-10-8-7-9-13(14)19-16(22)23-17(4,5)6/h11-14H,7-10,18H2,1-6H3,(H,19,22)/t12-,13+,14+/m0/s1. The van der Waals surface area contributed by atoms with Crippen molar-refractivity contribution in [2.24, 2.45) is 5.73 Å². The Bertz CT molecular complexity index is 416. The van der Waals surface area contributed by atoms with Crippen LogP contribution in [0.3, 0.4) is 0 Å². The third kappa shape index (κ3) is 6.01. The summed E-state index contributed by atoms with van der Waals surface area (Å²) in [4.78, 5) is 26.4. The van der Waals surface area contributed by atoms with E-state index in [2.05, 4.69) is 5.32 Å². The third-order valence-corrected chi connectivity index (χ3v) is 3.99. The molecular formula is C17H33N3O3. The quantitative estimate of drug-likeness (QED) is 0.830. The molecule has 3 atom stereocenters. The van der Waals surface area contributed by atoms with Crippen LogP contribution in [0.15, 0.2) is 0 Å². The van der Waals surface area contributed by atoms with Gasteiger partial charge in [-0.05, 0) is 54.4 Å². The van der Waals surface area contributed by atoms with E-state index in [0.717, 1.165) is 25.7 Å². The number of carbonyl (C=O) groups excluding carboxylic acids is 2. The van der Waals surface area contributed by atoms with E-state index in [1.54, 1.807) is 6.92 Å². The highest BCUT2D eigenvalue weighted by atomic mass is 16.6. The van der Waals surface area contributed by atoms with Crippen LogP contribution in [-0.2, 0) is 9.53 Å². The number of alkyl carbamates (subject to hydrolysis) is 1. The molecule has 0 bridgehead atoms. The molecule has 134 valence electrons. The van der Waals surface area contributed by atoms with Crippen molar-refractivity contribution in [3.8, 4) is 0 Å². The number of amides is 2. The third-order valence-electron chi connectivity index (χ3n) is 3.99. The summed E-state index contributed by atoms with van der Waals surface area (Å²) in [5.41, 5.74) is 5.27. The Balaban J connectivity index is 2.87. The molecule has 0 unspecified atom stereocenters. The van der Waals surface area contributed by atoms with Gasteiger partial charge in [0.05, 0.1) is 18.1 Å². The summed E-state index contributed by atoms with van der Waals surface area (Å²) in [6, 6.07) is -0.625. The number of rotatable bonds is 4. The summed E-state index contributed by atoms with van der Waals surface area (Å²) in [5, 5.41) is 2.96. The summed E-state index contributed by atoms with van der Waals surface area (Å²) in [7, 11) is 0. The van der Waals surface area contributed by atoms with Crippen LogP contribution in [0.5, 0.6) is 0 Å². The average Bonchev–Trinajstić information content (AvgIpc) is 2.38. The van der Waals surface area contributed by atoms with Gasteiger partial charge in [-0.1, -0.05) is 12.8 Å². The van der Waals surface area contributed by atoms with Crippen LogP contribution in [0.2, 0.25) is 0 Å². The molecule has 6 heteroatoms. The summed E-state index contributed by atoms with van der Waals surface area (Å²) in [6.45, 7) is 11.2. The molecule has 3 N–H and O–H groups in total. The molecule has 0 aromatic rings. The number of nitrogens with one attached hydrogen (secondary N) is 1. The van der Waals surface area contributed by atoms with Crippen LogP contribution in [0, 0.1) is 0 Å². The predicted molar refractivity (Wildman–Crippen MR) is 91.0 cm³/mol. The SMILES string of the molecule is CC(C)N(C(=O)[C@H](C)N)[C@@H]1CCCC[C@H]1NC(=O)OC(C)(C)C. The first-order valence-electron chi connectivity index (χ1n) is 8.60. The van der Waals surface area contributed by atoms with Gasteiger partial charge in [0.15, 0.2) is 0 Å². The van der Waals surface area contributed by atoms with E-state index in [4.69, 9.17) is 10.5 Å².